The molecule has 0 saturated carbocycles. The van der Waals surface area contributed by atoms with E-state index in [0.29, 0.717) is 18.2 Å². The number of fused-ring (bicyclic) bond motifs is 1. The largest absolute Gasteiger partial charge is 0.508 e. The molecule has 4 nitrogen and oxygen atoms in total. The van der Waals surface area contributed by atoms with Crippen molar-refractivity contribution in [3.05, 3.63) is 29.3 Å². The average molecular weight is 249 g/mol. The van der Waals surface area contributed by atoms with Crippen molar-refractivity contribution in [2.75, 3.05) is 6.54 Å². The molecule has 1 aliphatic rings. The van der Waals surface area contributed by atoms with Gasteiger partial charge in [-0.15, -0.1) is 0 Å². The lowest BCUT2D eigenvalue weighted by Gasteiger charge is -2.30. The number of carbonyl (C=O) groups excluding carboxylic acids is 1. The van der Waals surface area contributed by atoms with Gasteiger partial charge in [0.25, 0.3) is 0 Å². The molecule has 1 unspecified atom stereocenters. The van der Waals surface area contributed by atoms with E-state index >= 15 is 0 Å². The maximum atomic E-state index is 11.5. The molecule has 0 fully saturated rings. The Bertz CT molecular complexity index is 463. The molecule has 0 aliphatic heterocycles. The van der Waals surface area contributed by atoms with Crippen LogP contribution in [0.25, 0.3) is 0 Å². The number of nitrogens with one attached hydrogen (secondary N) is 1. The van der Waals surface area contributed by atoms with E-state index in [0.717, 1.165) is 12.0 Å². The van der Waals surface area contributed by atoms with E-state index in [-0.39, 0.29) is 6.09 Å². The number of hydrogen-bond donors (Lipinski definition) is 2. The minimum Gasteiger partial charge on any atom is -0.508 e. The Kier molecular flexibility index (Phi) is 3.20. The van der Waals surface area contributed by atoms with Crippen molar-refractivity contribution in [1.29, 1.82) is 0 Å². The maximum Gasteiger partial charge on any atom is 0.407 e. The van der Waals surface area contributed by atoms with Crippen LogP contribution in [0.15, 0.2) is 18.2 Å². The van der Waals surface area contributed by atoms with Crippen LogP contribution in [0.5, 0.6) is 5.75 Å². The van der Waals surface area contributed by atoms with Crippen LogP contribution in [0.3, 0.4) is 0 Å². The molecule has 1 aliphatic carbocycles. The average Bonchev–Trinajstić information content (AvgIpc) is 2.18. The molecule has 0 heterocycles. The number of ether oxygens (including phenoxy) is 1. The van der Waals surface area contributed by atoms with Gasteiger partial charge in [0.15, 0.2) is 0 Å². The molecule has 1 aromatic carbocycles. The van der Waals surface area contributed by atoms with Crippen molar-refractivity contribution in [3.63, 3.8) is 0 Å². The van der Waals surface area contributed by atoms with Crippen LogP contribution in [0.2, 0.25) is 0 Å². The molecule has 0 aromatic heterocycles. The van der Waals surface area contributed by atoms with Gasteiger partial charge in [-0.25, -0.2) is 4.79 Å². The summed E-state index contributed by atoms with van der Waals surface area (Å²) >= 11 is 0. The fourth-order valence-electron chi connectivity index (χ4n) is 2.11. The number of aromatic hydroxyl groups is 1. The predicted molar refractivity (Wildman–Crippen MR) is 68.8 cm³/mol. The molecule has 18 heavy (non-hydrogen) atoms. The number of rotatable bonds is 2. The molecule has 0 saturated heterocycles. The molecule has 2 N–H and O–H groups in total. The fraction of sp³-hybridized carbons (Fsp3) is 0.500. The van der Waals surface area contributed by atoms with Crippen LogP contribution < -0.4 is 5.32 Å². The Morgan fingerprint density at radius 2 is 2.22 bits per heavy atom. The van der Waals surface area contributed by atoms with E-state index in [4.69, 9.17) is 4.74 Å². The van der Waals surface area contributed by atoms with Crippen molar-refractivity contribution < 1.29 is 14.6 Å². The summed E-state index contributed by atoms with van der Waals surface area (Å²) in [4.78, 5) is 11.5. The van der Waals surface area contributed by atoms with E-state index in [1.165, 1.54) is 5.56 Å². The topological polar surface area (TPSA) is 58.6 Å². The molecule has 1 atom stereocenters. The van der Waals surface area contributed by atoms with Gasteiger partial charge in [-0.2, -0.15) is 0 Å². The van der Waals surface area contributed by atoms with E-state index in [9.17, 15) is 9.90 Å². The third-order valence-corrected chi connectivity index (χ3v) is 2.92. The SMILES string of the molecule is CC(C)(C)OC(=O)NCC1Cc2cc(O)ccc21. The van der Waals surface area contributed by atoms with Gasteiger partial charge < -0.3 is 15.2 Å². The molecule has 98 valence electrons. The summed E-state index contributed by atoms with van der Waals surface area (Å²) in [5.74, 6) is 0.625. The number of phenolic OH excluding ortho intramolecular Hbond substituents is 1. The van der Waals surface area contributed by atoms with Crippen molar-refractivity contribution in [3.8, 4) is 5.75 Å². The number of amides is 1. The minimum atomic E-state index is -0.465. The Hall–Kier alpha value is -1.71. The standard InChI is InChI=1S/C14H19NO3/c1-14(2,3)18-13(17)15-8-10-6-9-7-11(16)4-5-12(9)10/h4-5,7,10,16H,6,8H2,1-3H3,(H,15,17). The molecule has 0 bridgehead atoms. The third kappa shape index (κ3) is 2.94. The Balaban J connectivity index is 1.83. The molecule has 0 radical (unpaired) electrons. The van der Waals surface area contributed by atoms with Crippen LogP contribution >= 0.6 is 0 Å². The zero-order valence-corrected chi connectivity index (χ0v) is 11.0. The van der Waals surface area contributed by atoms with E-state index in [2.05, 4.69) is 5.32 Å². The summed E-state index contributed by atoms with van der Waals surface area (Å²) in [7, 11) is 0. The lowest BCUT2D eigenvalue weighted by atomic mass is 9.77. The lowest BCUT2D eigenvalue weighted by Crippen LogP contribution is -2.37. The zero-order valence-electron chi connectivity index (χ0n) is 11.0. The van der Waals surface area contributed by atoms with Gasteiger partial charge in [-0.3, -0.25) is 0 Å². The first-order valence-corrected chi connectivity index (χ1v) is 6.14. The number of hydrogen-bond acceptors (Lipinski definition) is 3. The highest BCUT2D eigenvalue weighted by Crippen LogP contribution is 2.36. The second-order valence-electron chi connectivity index (χ2n) is 5.67. The van der Waals surface area contributed by atoms with Crippen LogP contribution in [0, 0.1) is 0 Å². The van der Waals surface area contributed by atoms with Gasteiger partial charge in [-0.05, 0) is 50.5 Å². The second kappa shape index (κ2) is 4.52. The first-order valence-electron chi connectivity index (χ1n) is 6.14. The summed E-state index contributed by atoms with van der Waals surface area (Å²) in [6.07, 6.45) is 0.509. The van der Waals surface area contributed by atoms with Gasteiger partial charge in [0, 0.05) is 12.5 Å². The van der Waals surface area contributed by atoms with Gasteiger partial charge in [0.05, 0.1) is 0 Å². The molecular formula is C14H19NO3. The van der Waals surface area contributed by atoms with Gasteiger partial charge in [-0.1, -0.05) is 6.07 Å². The third-order valence-electron chi connectivity index (χ3n) is 2.92. The summed E-state index contributed by atoms with van der Waals surface area (Å²) in [6, 6.07) is 5.37. The van der Waals surface area contributed by atoms with Gasteiger partial charge in [0.1, 0.15) is 11.4 Å². The van der Waals surface area contributed by atoms with Crippen LogP contribution in [-0.4, -0.2) is 23.3 Å². The molecule has 1 amide bonds. The summed E-state index contributed by atoms with van der Waals surface area (Å²) < 4.78 is 5.17. The Labute approximate surface area is 107 Å². The predicted octanol–water partition coefficient (Wildman–Crippen LogP) is 2.56. The number of alkyl carbamates (subject to hydrolysis) is 1. The number of carbonyl (C=O) groups is 1. The highest BCUT2D eigenvalue weighted by Gasteiger charge is 2.27. The summed E-state index contributed by atoms with van der Waals surface area (Å²) in [5, 5.41) is 12.1. The van der Waals surface area contributed by atoms with Gasteiger partial charge in [0.2, 0.25) is 0 Å². The molecule has 2 rings (SSSR count). The first kappa shape index (κ1) is 12.7. The fourth-order valence-corrected chi connectivity index (χ4v) is 2.11. The highest BCUT2D eigenvalue weighted by atomic mass is 16.6. The minimum absolute atomic E-state index is 0.298. The normalized spacial score (nSPS) is 17.6. The van der Waals surface area contributed by atoms with E-state index < -0.39 is 5.60 Å². The molecule has 0 spiro atoms. The van der Waals surface area contributed by atoms with Gasteiger partial charge >= 0.3 is 6.09 Å². The maximum absolute atomic E-state index is 11.5. The second-order valence-corrected chi connectivity index (χ2v) is 5.67. The smallest absolute Gasteiger partial charge is 0.407 e. The molecular weight excluding hydrogens is 230 g/mol. The quantitative estimate of drug-likeness (QED) is 0.846. The van der Waals surface area contributed by atoms with Crippen LogP contribution in [0.4, 0.5) is 4.79 Å². The van der Waals surface area contributed by atoms with E-state index in [1.807, 2.05) is 26.8 Å². The number of phenols is 1. The summed E-state index contributed by atoms with van der Waals surface area (Å²) in [6.45, 7) is 6.10. The van der Waals surface area contributed by atoms with Crippen LogP contribution in [0.1, 0.15) is 37.8 Å². The first-order chi connectivity index (χ1) is 8.35. The number of benzene rings is 1. The van der Waals surface area contributed by atoms with Crippen molar-refractivity contribution >= 4 is 6.09 Å². The summed E-state index contributed by atoms with van der Waals surface area (Å²) in [5.41, 5.74) is 1.89. The van der Waals surface area contributed by atoms with Crippen molar-refractivity contribution in [2.45, 2.75) is 38.7 Å². The molecule has 1 aromatic rings. The van der Waals surface area contributed by atoms with Crippen molar-refractivity contribution in [1.82, 2.24) is 5.32 Å². The Morgan fingerprint density at radius 3 is 2.83 bits per heavy atom. The highest BCUT2D eigenvalue weighted by molar-refractivity contribution is 5.68. The monoisotopic (exact) mass is 249 g/mol. The van der Waals surface area contributed by atoms with Crippen molar-refractivity contribution in [2.24, 2.45) is 0 Å². The van der Waals surface area contributed by atoms with E-state index in [1.54, 1.807) is 12.1 Å². The molecule has 4 heteroatoms. The Morgan fingerprint density at radius 1 is 1.50 bits per heavy atom. The van der Waals surface area contributed by atoms with Crippen LogP contribution in [-0.2, 0) is 11.2 Å². The lowest BCUT2D eigenvalue weighted by molar-refractivity contribution is 0.0523. The zero-order chi connectivity index (χ0) is 13.3.